The van der Waals surface area contributed by atoms with Gasteiger partial charge >= 0.3 is 0 Å². The maximum absolute atomic E-state index is 12.2. The topological polar surface area (TPSA) is 34.0 Å². The van der Waals surface area contributed by atoms with Crippen molar-refractivity contribution in [3.05, 3.63) is 71.9 Å². The number of carbonyl (C=O) groups excluding carboxylic acids is 1. The van der Waals surface area contributed by atoms with Gasteiger partial charge in [0.2, 0.25) is 5.91 Å². The molecule has 0 saturated carbocycles. The average Bonchev–Trinajstić information content (AvgIpc) is 2.97. The van der Waals surface area contributed by atoms with Crippen LogP contribution in [-0.4, -0.2) is 10.5 Å². The molecule has 2 aromatic carbocycles. The van der Waals surface area contributed by atoms with Gasteiger partial charge in [-0.05, 0) is 36.9 Å². The van der Waals surface area contributed by atoms with Crippen LogP contribution in [0.5, 0.6) is 0 Å². The number of nitrogens with one attached hydrogen (secondary N) is 1. The molecule has 0 aliphatic carbocycles. The third-order valence-electron chi connectivity index (χ3n) is 4.21. The summed E-state index contributed by atoms with van der Waals surface area (Å²) >= 11 is 0. The van der Waals surface area contributed by atoms with Crippen LogP contribution in [0.1, 0.15) is 30.5 Å². The van der Waals surface area contributed by atoms with Crippen LogP contribution in [0.25, 0.3) is 10.9 Å². The first kappa shape index (κ1) is 15.3. The Kier molecular flexibility index (Phi) is 4.47. The summed E-state index contributed by atoms with van der Waals surface area (Å²) in [4.78, 5) is 12.2. The van der Waals surface area contributed by atoms with Gasteiger partial charge < -0.3 is 9.88 Å². The second kappa shape index (κ2) is 6.69. The Bertz CT molecular complexity index is 802. The Morgan fingerprint density at radius 3 is 2.61 bits per heavy atom. The molecule has 23 heavy (non-hydrogen) atoms. The fraction of sp³-hybridized carbons (Fsp3) is 0.250. The van der Waals surface area contributed by atoms with Crippen molar-refractivity contribution in [2.24, 2.45) is 0 Å². The lowest BCUT2D eigenvalue weighted by Gasteiger charge is -2.15. The van der Waals surface area contributed by atoms with Crippen molar-refractivity contribution in [3.8, 4) is 0 Å². The molecule has 3 nitrogen and oxygen atoms in total. The Balaban J connectivity index is 1.58. The molecule has 0 aliphatic heterocycles. The van der Waals surface area contributed by atoms with Crippen LogP contribution in [0.4, 0.5) is 0 Å². The van der Waals surface area contributed by atoms with Crippen LogP contribution in [0.3, 0.4) is 0 Å². The normalized spacial score (nSPS) is 12.3. The molecule has 0 saturated heterocycles. The second-order valence-electron chi connectivity index (χ2n) is 6.02. The van der Waals surface area contributed by atoms with Crippen molar-refractivity contribution in [2.45, 2.75) is 32.9 Å². The van der Waals surface area contributed by atoms with Gasteiger partial charge in [0.1, 0.15) is 0 Å². The number of hydrogen-bond donors (Lipinski definition) is 1. The van der Waals surface area contributed by atoms with Crippen molar-refractivity contribution in [3.63, 3.8) is 0 Å². The lowest BCUT2D eigenvalue weighted by molar-refractivity contribution is -0.121. The standard InChI is InChI=1S/C20H22N2O/c1-15-7-9-17(10-8-15)16(2)21-20(23)12-14-22-13-11-18-5-3-4-6-19(18)22/h3-11,13,16H,12,14H2,1-2H3,(H,21,23). The number of aryl methyl sites for hydroxylation is 2. The molecule has 118 valence electrons. The van der Waals surface area contributed by atoms with E-state index in [9.17, 15) is 4.79 Å². The van der Waals surface area contributed by atoms with Gasteiger partial charge in [-0.3, -0.25) is 4.79 Å². The molecule has 0 bridgehead atoms. The first-order chi connectivity index (χ1) is 11.1. The fourth-order valence-electron chi connectivity index (χ4n) is 2.81. The Morgan fingerprint density at radius 1 is 1.09 bits per heavy atom. The number of amides is 1. The first-order valence-corrected chi connectivity index (χ1v) is 8.03. The van der Waals surface area contributed by atoms with Crippen molar-refractivity contribution >= 4 is 16.8 Å². The van der Waals surface area contributed by atoms with Crippen molar-refractivity contribution < 1.29 is 4.79 Å². The van der Waals surface area contributed by atoms with Gasteiger partial charge in [-0.1, -0.05) is 48.0 Å². The SMILES string of the molecule is Cc1ccc(C(C)NC(=O)CCn2ccc3ccccc32)cc1. The van der Waals surface area contributed by atoms with E-state index in [-0.39, 0.29) is 11.9 Å². The van der Waals surface area contributed by atoms with E-state index < -0.39 is 0 Å². The molecular formula is C20H22N2O. The maximum Gasteiger partial charge on any atom is 0.222 e. The quantitative estimate of drug-likeness (QED) is 0.752. The van der Waals surface area contributed by atoms with E-state index in [4.69, 9.17) is 0 Å². The van der Waals surface area contributed by atoms with E-state index in [1.807, 2.05) is 25.3 Å². The highest BCUT2D eigenvalue weighted by atomic mass is 16.1. The number of benzene rings is 2. The maximum atomic E-state index is 12.2. The third-order valence-corrected chi connectivity index (χ3v) is 4.21. The molecule has 0 aliphatic rings. The van der Waals surface area contributed by atoms with E-state index in [0.29, 0.717) is 13.0 Å². The zero-order chi connectivity index (χ0) is 16.2. The number of aromatic nitrogens is 1. The lowest BCUT2D eigenvalue weighted by Crippen LogP contribution is -2.27. The minimum atomic E-state index is 0.0320. The molecule has 1 atom stereocenters. The summed E-state index contributed by atoms with van der Waals surface area (Å²) in [5.41, 5.74) is 3.54. The van der Waals surface area contributed by atoms with Gasteiger partial charge in [0, 0.05) is 24.7 Å². The van der Waals surface area contributed by atoms with Crippen LogP contribution in [0.2, 0.25) is 0 Å². The summed E-state index contributed by atoms with van der Waals surface area (Å²) in [6.07, 6.45) is 2.52. The molecule has 3 heteroatoms. The van der Waals surface area contributed by atoms with Crippen LogP contribution in [0, 0.1) is 6.92 Å². The van der Waals surface area contributed by atoms with Crippen LogP contribution in [0.15, 0.2) is 60.8 Å². The van der Waals surface area contributed by atoms with Gasteiger partial charge in [-0.25, -0.2) is 0 Å². The molecule has 1 amide bonds. The lowest BCUT2D eigenvalue weighted by atomic mass is 10.1. The Labute approximate surface area is 136 Å². The zero-order valence-corrected chi connectivity index (χ0v) is 13.6. The molecule has 0 spiro atoms. The summed E-state index contributed by atoms with van der Waals surface area (Å²) in [5, 5.41) is 4.28. The van der Waals surface area contributed by atoms with E-state index in [1.165, 1.54) is 16.5 Å². The Hall–Kier alpha value is -2.55. The molecular weight excluding hydrogens is 284 g/mol. The van der Waals surface area contributed by atoms with Crippen molar-refractivity contribution in [2.75, 3.05) is 0 Å². The first-order valence-electron chi connectivity index (χ1n) is 8.03. The van der Waals surface area contributed by atoms with E-state index in [2.05, 4.69) is 59.3 Å². The van der Waals surface area contributed by atoms with Crippen molar-refractivity contribution in [1.82, 2.24) is 9.88 Å². The highest BCUT2D eigenvalue weighted by Crippen LogP contribution is 2.16. The molecule has 1 unspecified atom stereocenters. The second-order valence-corrected chi connectivity index (χ2v) is 6.02. The minimum Gasteiger partial charge on any atom is -0.350 e. The fourth-order valence-corrected chi connectivity index (χ4v) is 2.81. The van der Waals surface area contributed by atoms with Crippen LogP contribution >= 0.6 is 0 Å². The largest absolute Gasteiger partial charge is 0.350 e. The zero-order valence-electron chi connectivity index (χ0n) is 13.6. The summed E-state index contributed by atoms with van der Waals surface area (Å²) in [5.74, 6) is 0.0795. The van der Waals surface area contributed by atoms with Gasteiger partial charge in [-0.2, -0.15) is 0 Å². The number of nitrogens with zero attached hydrogens (tertiary/aromatic N) is 1. The monoisotopic (exact) mass is 306 g/mol. The highest BCUT2D eigenvalue weighted by Gasteiger charge is 2.10. The van der Waals surface area contributed by atoms with E-state index in [0.717, 1.165) is 5.56 Å². The predicted molar refractivity (Wildman–Crippen MR) is 94.3 cm³/mol. The van der Waals surface area contributed by atoms with Gasteiger partial charge in [0.05, 0.1) is 6.04 Å². The minimum absolute atomic E-state index is 0.0320. The highest BCUT2D eigenvalue weighted by molar-refractivity contribution is 5.80. The molecule has 3 aromatic rings. The summed E-state index contributed by atoms with van der Waals surface area (Å²) < 4.78 is 2.13. The van der Waals surface area contributed by atoms with Gasteiger partial charge in [-0.15, -0.1) is 0 Å². The molecule has 1 heterocycles. The molecule has 0 fully saturated rings. The molecule has 3 rings (SSSR count). The summed E-state index contributed by atoms with van der Waals surface area (Å²) in [6, 6.07) is 18.6. The number of para-hydroxylation sites is 1. The summed E-state index contributed by atoms with van der Waals surface area (Å²) in [7, 11) is 0. The number of hydrogen-bond acceptors (Lipinski definition) is 1. The smallest absolute Gasteiger partial charge is 0.222 e. The predicted octanol–water partition coefficient (Wildman–Crippen LogP) is 4.22. The van der Waals surface area contributed by atoms with Crippen LogP contribution < -0.4 is 5.32 Å². The third kappa shape index (κ3) is 3.62. The summed E-state index contributed by atoms with van der Waals surface area (Å²) in [6.45, 7) is 4.78. The average molecular weight is 306 g/mol. The van der Waals surface area contributed by atoms with Crippen molar-refractivity contribution in [1.29, 1.82) is 0 Å². The molecule has 1 N–H and O–H groups in total. The van der Waals surface area contributed by atoms with Crippen LogP contribution in [-0.2, 0) is 11.3 Å². The van der Waals surface area contributed by atoms with Gasteiger partial charge in [0.25, 0.3) is 0 Å². The molecule has 1 aromatic heterocycles. The number of carbonyl (C=O) groups is 1. The Morgan fingerprint density at radius 2 is 1.83 bits per heavy atom. The van der Waals surface area contributed by atoms with E-state index >= 15 is 0 Å². The van der Waals surface area contributed by atoms with E-state index in [1.54, 1.807) is 0 Å². The molecule has 0 radical (unpaired) electrons. The van der Waals surface area contributed by atoms with Gasteiger partial charge in [0.15, 0.2) is 0 Å². The number of rotatable bonds is 5. The number of fused-ring (bicyclic) bond motifs is 1.